The summed E-state index contributed by atoms with van der Waals surface area (Å²) in [7, 11) is 0. The van der Waals surface area contributed by atoms with E-state index in [1.54, 1.807) is 18.6 Å². The van der Waals surface area contributed by atoms with Gasteiger partial charge in [-0.15, -0.1) is 0 Å². The van der Waals surface area contributed by atoms with Crippen molar-refractivity contribution in [3.8, 4) is 0 Å². The molecule has 0 saturated carbocycles. The van der Waals surface area contributed by atoms with Gasteiger partial charge in [0.1, 0.15) is 0 Å². The van der Waals surface area contributed by atoms with Crippen molar-refractivity contribution in [2.24, 2.45) is 5.84 Å². The second kappa shape index (κ2) is 6.08. The molecule has 0 bridgehead atoms. The van der Waals surface area contributed by atoms with Gasteiger partial charge < -0.3 is 0 Å². The first-order valence-corrected chi connectivity index (χ1v) is 6.63. The average molecular weight is 310 g/mol. The van der Waals surface area contributed by atoms with Crippen molar-refractivity contribution in [3.05, 3.63) is 46.5 Å². The molecule has 0 spiro atoms. The maximum absolute atomic E-state index is 5.68. The Morgan fingerprint density at radius 2 is 2.33 bits per heavy atom. The summed E-state index contributed by atoms with van der Waals surface area (Å²) in [6, 6.07) is 3.87. The van der Waals surface area contributed by atoms with Gasteiger partial charge in [0.2, 0.25) is 0 Å². The van der Waals surface area contributed by atoms with Crippen molar-refractivity contribution in [3.63, 3.8) is 0 Å². The van der Waals surface area contributed by atoms with E-state index in [0.29, 0.717) is 0 Å². The molecule has 0 amide bonds. The number of aryl methyl sites for hydroxylation is 1. The number of pyridine rings is 1. The predicted octanol–water partition coefficient (Wildman–Crippen LogP) is 2.00. The molecule has 0 saturated heterocycles. The number of aromatic nitrogens is 3. The fraction of sp³-hybridized carbons (Fsp3) is 0.333. The van der Waals surface area contributed by atoms with Gasteiger partial charge in [-0.05, 0) is 40.0 Å². The Hall–Kier alpha value is -1.24. The van der Waals surface area contributed by atoms with Crippen molar-refractivity contribution in [2.45, 2.75) is 25.9 Å². The third-order valence-electron chi connectivity index (χ3n) is 2.71. The zero-order valence-corrected chi connectivity index (χ0v) is 11.8. The third-order valence-corrected chi connectivity index (χ3v) is 3.14. The molecule has 2 rings (SSSR count). The summed E-state index contributed by atoms with van der Waals surface area (Å²) in [6.07, 6.45) is 6.38. The van der Waals surface area contributed by atoms with Crippen LogP contribution in [0.4, 0.5) is 0 Å². The van der Waals surface area contributed by atoms with Crippen molar-refractivity contribution in [1.82, 2.24) is 20.2 Å². The molecule has 1 atom stereocenters. The third kappa shape index (κ3) is 2.77. The summed E-state index contributed by atoms with van der Waals surface area (Å²) in [5.74, 6) is 5.68. The zero-order chi connectivity index (χ0) is 13.0. The summed E-state index contributed by atoms with van der Waals surface area (Å²) in [6.45, 7) is 3.00. The van der Waals surface area contributed by atoms with Crippen LogP contribution in [-0.4, -0.2) is 14.8 Å². The van der Waals surface area contributed by atoms with E-state index in [-0.39, 0.29) is 6.04 Å². The van der Waals surface area contributed by atoms with Crippen LogP contribution >= 0.6 is 15.9 Å². The number of nitrogens with one attached hydrogen (secondary N) is 1. The highest BCUT2D eigenvalue weighted by Gasteiger charge is 2.17. The SMILES string of the molecule is CCCn1nccc1C(NN)c1cncc(Br)c1. The van der Waals surface area contributed by atoms with Gasteiger partial charge >= 0.3 is 0 Å². The van der Waals surface area contributed by atoms with Crippen molar-refractivity contribution >= 4 is 15.9 Å². The summed E-state index contributed by atoms with van der Waals surface area (Å²) < 4.78 is 2.90. The summed E-state index contributed by atoms with van der Waals surface area (Å²) in [5, 5.41) is 4.31. The molecule has 2 heterocycles. The minimum atomic E-state index is -0.107. The molecule has 0 aromatic carbocycles. The van der Waals surface area contributed by atoms with E-state index in [0.717, 1.165) is 28.7 Å². The maximum Gasteiger partial charge on any atom is 0.0893 e. The van der Waals surface area contributed by atoms with Gasteiger partial charge in [0.05, 0.1) is 11.7 Å². The monoisotopic (exact) mass is 309 g/mol. The molecule has 0 radical (unpaired) electrons. The molecular weight excluding hydrogens is 294 g/mol. The summed E-state index contributed by atoms with van der Waals surface area (Å²) >= 11 is 3.42. The van der Waals surface area contributed by atoms with Crippen LogP contribution in [0.2, 0.25) is 0 Å². The largest absolute Gasteiger partial charge is 0.271 e. The Morgan fingerprint density at radius 1 is 1.50 bits per heavy atom. The van der Waals surface area contributed by atoms with Crippen molar-refractivity contribution in [2.75, 3.05) is 0 Å². The van der Waals surface area contributed by atoms with Gasteiger partial charge in [0.15, 0.2) is 0 Å². The molecule has 1 unspecified atom stereocenters. The zero-order valence-electron chi connectivity index (χ0n) is 10.2. The molecule has 0 aliphatic heterocycles. The quantitative estimate of drug-likeness (QED) is 0.655. The number of rotatable bonds is 5. The van der Waals surface area contributed by atoms with Gasteiger partial charge in [0, 0.05) is 29.6 Å². The standard InChI is InChI=1S/C12H16BrN5/c1-2-5-18-11(3-4-16-18)12(17-14)9-6-10(13)8-15-7-9/h3-4,6-8,12,17H,2,5,14H2,1H3. The van der Waals surface area contributed by atoms with E-state index in [1.807, 2.05) is 16.8 Å². The highest BCUT2D eigenvalue weighted by atomic mass is 79.9. The van der Waals surface area contributed by atoms with Crippen molar-refractivity contribution in [1.29, 1.82) is 0 Å². The van der Waals surface area contributed by atoms with Crippen LogP contribution in [0, 0.1) is 0 Å². The van der Waals surface area contributed by atoms with Gasteiger partial charge in [0.25, 0.3) is 0 Å². The Bertz CT molecular complexity index is 511. The minimum absolute atomic E-state index is 0.107. The van der Waals surface area contributed by atoms with Crippen LogP contribution in [0.25, 0.3) is 0 Å². The molecule has 18 heavy (non-hydrogen) atoms. The Labute approximate surface area is 115 Å². The molecule has 96 valence electrons. The molecule has 2 aromatic heterocycles. The topological polar surface area (TPSA) is 68.8 Å². The lowest BCUT2D eigenvalue weighted by Crippen LogP contribution is -2.30. The number of hydrogen-bond donors (Lipinski definition) is 2. The Kier molecular flexibility index (Phi) is 4.46. The van der Waals surface area contributed by atoms with Gasteiger partial charge in [-0.2, -0.15) is 5.10 Å². The van der Waals surface area contributed by atoms with Gasteiger partial charge in [-0.25, -0.2) is 5.43 Å². The molecule has 0 fully saturated rings. The van der Waals surface area contributed by atoms with Crippen LogP contribution in [-0.2, 0) is 6.54 Å². The lowest BCUT2D eigenvalue weighted by atomic mass is 10.1. The van der Waals surface area contributed by atoms with Gasteiger partial charge in [-0.3, -0.25) is 15.5 Å². The van der Waals surface area contributed by atoms with E-state index in [4.69, 9.17) is 5.84 Å². The molecular formula is C12H16BrN5. The maximum atomic E-state index is 5.68. The molecule has 0 aliphatic rings. The van der Waals surface area contributed by atoms with Crippen LogP contribution in [0.15, 0.2) is 35.2 Å². The number of nitrogens with two attached hydrogens (primary N) is 1. The first-order chi connectivity index (χ1) is 8.76. The summed E-state index contributed by atoms with van der Waals surface area (Å²) in [5.41, 5.74) is 4.87. The molecule has 2 aromatic rings. The van der Waals surface area contributed by atoms with Crippen molar-refractivity contribution < 1.29 is 0 Å². The molecule has 0 aliphatic carbocycles. The van der Waals surface area contributed by atoms with Crippen LogP contribution < -0.4 is 11.3 Å². The fourth-order valence-corrected chi connectivity index (χ4v) is 2.31. The van der Waals surface area contributed by atoms with Crippen LogP contribution in [0.1, 0.15) is 30.6 Å². The highest BCUT2D eigenvalue weighted by molar-refractivity contribution is 9.10. The first-order valence-electron chi connectivity index (χ1n) is 5.84. The molecule has 3 N–H and O–H groups in total. The second-order valence-electron chi connectivity index (χ2n) is 4.02. The molecule has 5 nitrogen and oxygen atoms in total. The van der Waals surface area contributed by atoms with E-state index in [1.165, 1.54) is 0 Å². The summed E-state index contributed by atoms with van der Waals surface area (Å²) in [4.78, 5) is 4.17. The first kappa shape index (κ1) is 13.2. The number of hydrazine groups is 1. The molecule has 6 heteroatoms. The number of hydrogen-bond acceptors (Lipinski definition) is 4. The average Bonchev–Trinajstić information content (AvgIpc) is 2.79. The Morgan fingerprint density at radius 3 is 3.00 bits per heavy atom. The predicted molar refractivity (Wildman–Crippen MR) is 73.6 cm³/mol. The highest BCUT2D eigenvalue weighted by Crippen LogP contribution is 2.22. The number of nitrogens with zero attached hydrogens (tertiary/aromatic N) is 3. The van der Waals surface area contributed by atoms with Crippen LogP contribution in [0.5, 0.6) is 0 Å². The lowest BCUT2D eigenvalue weighted by Gasteiger charge is -2.17. The van der Waals surface area contributed by atoms with E-state index in [2.05, 4.69) is 38.4 Å². The van der Waals surface area contributed by atoms with E-state index < -0.39 is 0 Å². The van der Waals surface area contributed by atoms with E-state index >= 15 is 0 Å². The smallest absolute Gasteiger partial charge is 0.0893 e. The van der Waals surface area contributed by atoms with E-state index in [9.17, 15) is 0 Å². The van der Waals surface area contributed by atoms with Crippen LogP contribution in [0.3, 0.4) is 0 Å². The second-order valence-corrected chi connectivity index (χ2v) is 4.93. The normalized spacial score (nSPS) is 12.6. The Balaban J connectivity index is 2.36. The minimum Gasteiger partial charge on any atom is -0.271 e. The van der Waals surface area contributed by atoms with Gasteiger partial charge in [-0.1, -0.05) is 6.92 Å². The number of halogens is 1. The lowest BCUT2D eigenvalue weighted by molar-refractivity contribution is 0.520. The fourth-order valence-electron chi connectivity index (χ4n) is 1.93.